The minimum atomic E-state index is 0.317. The van der Waals surface area contributed by atoms with E-state index in [2.05, 4.69) is 12.2 Å². The number of amides is 1. The lowest BCUT2D eigenvalue weighted by atomic mass is 9.95. The van der Waals surface area contributed by atoms with Gasteiger partial charge in [0.25, 0.3) is 0 Å². The summed E-state index contributed by atoms with van der Waals surface area (Å²) in [5.41, 5.74) is 0. The van der Waals surface area contributed by atoms with Gasteiger partial charge in [0, 0.05) is 20.0 Å². The highest BCUT2D eigenvalue weighted by Gasteiger charge is 2.18. The van der Waals surface area contributed by atoms with Gasteiger partial charge in [0.05, 0.1) is 0 Å². The first-order chi connectivity index (χ1) is 7.24. The molecule has 1 amide bonds. The van der Waals surface area contributed by atoms with Gasteiger partial charge in [-0.05, 0) is 38.3 Å². The molecule has 88 valence electrons. The Hall–Kier alpha value is -0.570. The molecule has 1 aliphatic rings. The Morgan fingerprint density at radius 1 is 1.53 bits per heavy atom. The minimum Gasteiger partial charge on any atom is -0.346 e. The molecule has 0 aliphatic carbocycles. The fourth-order valence-corrected chi connectivity index (χ4v) is 2.02. The topological polar surface area (TPSA) is 32.3 Å². The molecule has 0 aromatic carbocycles. The molecule has 1 rings (SSSR count). The number of carbonyl (C=O) groups is 1. The summed E-state index contributed by atoms with van der Waals surface area (Å²) >= 11 is 0. The van der Waals surface area contributed by atoms with Crippen molar-refractivity contribution in [2.45, 2.75) is 39.0 Å². The molecule has 0 saturated carbocycles. The summed E-state index contributed by atoms with van der Waals surface area (Å²) < 4.78 is 0. The van der Waals surface area contributed by atoms with Crippen molar-refractivity contribution in [3.05, 3.63) is 0 Å². The summed E-state index contributed by atoms with van der Waals surface area (Å²) in [6.07, 6.45) is 5.43. The van der Waals surface area contributed by atoms with Gasteiger partial charge in [0.15, 0.2) is 0 Å². The van der Waals surface area contributed by atoms with E-state index in [1.807, 2.05) is 11.9 Å². The van der Waals surface area contributed by atoms with Crippen molar-refractivity contribution in [3.8, 4) is 0 Å². The zero-order valence-electron chi connectivity index (χ0n) is 10.1. The maximum Gasteiger partial charge on any atom is 0.222 e. The lowest BCUT2D eigenvalue weighted by molar-refractivity contribution is -0.131. The van der Waals surface area contributed by atoms with Crippen LogP contribution >= 0.6 is 0 Å². The molecule has 3 nitrogen and oxygen atoms in total. The van der Waals surface area contributed by atoms with Crippen LogP contribution in [0.2, 0.25) is 0 Å². The van der Waals surface area contributed by atoms with E-state index in [-0.39, 0.29) is 0 Å². The number of hydrogen-bond acceptors (Lipinski definition) is 2. The summed E-state index contributed by atoms with van der Waals surface area (Å²) in [6.45, 7) is 5.21. The Balaban J connectivity index is 2.20. The predicted molar refractivity (Wildman–Crippen MR) is 62.8 cm³/mol. The predicted octanol–water partition coefficient (Wildman–Crippen LogP) is 1.63. The van der Waals surface area contributed by atoms with Crippen LogP contribution in [0, 0.1) is 5.92 Å². The minimum absolute atomic E-state index is 0.317. The van der Waals surface area contributed by atoms with Gasteiger partial charge < -0.3 is 10.2 Å². The molecule has 0 radical (unpaired) electrons. The molecular formula is C12H24N2O. The number of piperidine rings is 1. The third-order valence-electron chi connectivity index (χ3n) is 3.14. The third-order valence-corrected chi connectivity index (χ3v) is 3.14. The molecule has 0 bridgehead atoms. The zero-order valence-corrected chi connectivity index (χ0v) is 10.1. The molecule has 1 aliphatic heterocycles. The average molecular weight is 212 g/mol. The number of carbonyl (C=O) groups excluding carboxylic acids is 1. The first kappa shape index (κ1) is 12.5. The molecule has 1 N–H and O–H groups in total. The van der Waals surface area contributed by atoms with Gasteiger partial charge >= 0.3 is 0 Å². The van der Waals surface area contributed by atoms with Crippen molar-refractivity contribution >= 4 is 5.91 Å². The van der Waals surface area contributed by atoms with E-state index in [1.54, 1.807) is 0 Å². The standard InChI is InChI=1S/C12H24N2O/c1-3-4-8-14(2)12(15)9-11-6-5-7-13-10-11/h11,13H,3-10H2,1-2H3. The van der Waals surface area contributed by atoms with Crippen molar-refractivity contribution in [1.29, 1.82) is 0 Å². The van der Waals surface area contributed by atoms with Crippen LogP contribution in [0.1, 0.15) is 39.0 Å². The van der Waals surface area contributed by atoms with E-state index in [0.29, 0.717) is 11.8 Å². The van der Waals surface area contributed by atoms with Gasteiger partial charge in [-0.3, -0.25) is 4.79 Å². The molecule has 1 atom stereocenters. The zero-order chi connectivity index (χ0) is 11.1. The second-order valence-electron chi connectivity index (χ2n) is 4.59. The number of unbranched alkanes of at least 4 members (excludes halogenated alkanes) is 1. The summed E-state index contributed by atoms with van der Waals surface area (Å²) in [7, 11) is 1.92. The highest BCUT2D eigenvalue weighted by Crippen LogP contribution is 2.15. The van der Waals surface area contributed by atoms with Crippen LogP contribution in [0.5, 0.6) is 0 Å². The van der Waals surface area contributed by atoms with Crippen LogP contribution in [-0.4, -0.2) is 37.5 Å². The number of rotatable bonds is 5. The van der Waals surface area contributed by atoms with E-state index in [9.17, 15) is 4.79 Å². The Bertz CT molecular complexity index is 188. The van der Waals surface area contributed by atoms with Crippen molar-refractivity contribution < 1.29 is 4.79 Å². The molecule has 1 saturated heterocycles. The molecule has 0 spiro atoms. The largest absolute Gasteiger partial charge is 0.346 e. The van der Waals surface area contributed by atoms with Crippen molar-refractivity contribution in [2.24, 2.45) is 5.92 Å². The third kappa shape index (κ3) is 4.65. The van der Waals surface area contributed by atoms with E-state index in [4.69, 9.17) is 0 Å². The van der Waals surface area contributed by atoms with E-state index in [1.165, 1.54) is 12.8 Å². The Kier molecular flexibility index (Phi) is 5.69. The van der Waals surface area contributed by atoms with Crippen molar-refractivity contribution in [3.63, 3.8) is 0 Å². The van der Waals surface area contributed by atoms with Crippen molar-refractivity contribution in [1.82, 2.24) is 10.2 Å². The fourth-order valence-electron chi connectivity index (χ4n) is 2.02. The molecular weight excluding hydrogens is 188 g/mol. The highest BCUT2D eigenvalue weighted by molar-refractivity contribution is 5.76. The van der Waals surface area contributed by atoms with Gasteiger partial charge in [-0.15, -0.1) is 0 Å². The summed E-state index contributed by atoms with van der Waals surface area (Å²) in [4.78, 5) is 13.7. The molecule has 15 heavy (non-hydrogen) atoms. The van der Waals surface area contributed by atoms with Crippen LogP contribution in [0.3, 0.4) is 0 Å². The number of hydrogen-bond donors (Lipinski definition) is 1. The molecule has 3 heteroatoms. The van der Waals surface area contributed by atoms with Crippen LogP contribution < -0.4 is 5.32 Å². The smallest absolute Gasteiger partial charge is 0.222 e. The fraction of sp³-hybridized carbons (Fsp3) is 0.917. The number of nitrogens with one attached hydrogen (secondary N) is 1. The van der Waals surface area contributed by atoms with Gasteiger partial charge in [-0.1, -0.05) is 13.3 Å². The van der Waals surface area contributed by atoms with E-state index >= 15 is 0 Å². The molecule has 1 unspecified atom stereocenters. The van der Waals surface area contributed by atoms with Gasteiger partial charge in [-0.2, -0.15) is 0 Å². The quantitative estimate of drug-likeness (QED) is 0.751. The maximum atomic E-state index is 11.8. The Labute approximate surface area is 93.2 Å². The summed E-state index contributed by atoms with van der Waals surface area (Å²) in [5.74, 6) is 0.882. The Morgan fingerprint density at radius 2 is 2.33 bits per heavy atom. The van der Waals surface area contributed by atoms with Gasteiger partial charge in [0.2, 0.25) is 5.91 Å². The molecule has 0 aromatic heterocycles. The SMILES string of the molecule is CCCCN(C)C(=O)CC1CCCNC1. The molecule has 1 fully saturated rings. The van der Waals surface area contributed by atoms with Gasteiger partial charge in [0.1, 0.15) is 0 Å². The first-order valence-electron chi connectivity index (χ1n) is 6.18. The molecule has 0 aromatic rings. The average Bonchev–Trinajstić information content (AvgIpc) is 2.27. The molecule has 1 heterocycles. The summed E-state index contributed by atoms with van der Waals surface area (Å²) in [6, 6.07) is 0. The van der Waals surface area contributed by atoms with E-state index in [0.717, 1.165) is 38.9 Å². The van der Waals surface area contributed by atoms with Crippen LogP contribution in [0.25, 0.3) is 0 Å². The van der Waals surface area contributed by atoms with E-state index < -0.39 is 0 Å². The van der Waals surface area contributed by atoms with Gasteiger partial charge in [-0.25, -0.2) is 0 Å². The normalized spacial score (nSPS) is 21.3. The first-order valence-corrected chi connectivity index (χ1v) is 6.18. The van der Waals surface area contributed by atoms with Crippen LogP contribution in [0.4, 0.5) is 0 Å². The number of nitrogens with zero attached hydrogens (tertiary/aromatic N) is 1. The monoisotopic (exact) mass is 212 g/mol. The van der Waals surface area contributed by atoms with Crippen LogP contribution in [0.15, 0.2) is 0 Å². The van der Waals surface area contributed by atoms with Crippen molar-refractivity contribution in [2.75, 3.05) is 26.7 Å². The second kappa shape index (κ2) is 6.83. The second-order valence-corrected chi connectivity index (χ2v) is 4.59. The highest BCUT2D eigenvalue weighted by atomic mass is 16.2. The Morgan fingerprint density at radius 3 is 2.93 bits per heavy atom. The van der Waals surface area contributed by atoms with Crippen LogP contribution in [-0.2, 0) is 4.79 Å². The summed E-state index contributed by atoms with van der Waals surface area (Å²) in [5, 5.41) is 3.35. The lowest BCUT2D eigenvalue weighted by Crippen LogP contribution is -2.35. The maximum absolute atomic E-state index is 11.8. The lowest BCUT2D eigenvalue weighted by Gasteiger charge is -2.24.